The van der Waals surface area contributed by atoms with E-state index < -0.39 is 33.1 Å². The molecule has 0 aliphatic heterocycles. The van der Waals surface area contributed by atoms with Crippen LogP contribution >= 0.6 is 0 Å². The Bertz CT molecular complexity index is 1250. The Morgan fingerprint density at radius 3 is 2.38 bits per heavy atom. The summed E-state index contributed by atoms with van der Waals surface area (Å²) in [6.07, 6.45) is 1.20. The summed E-state index contributed by atoms with van der Waals surface area (Å²) in [5.74, 6) is -2.95. The highest BCUT2D eigenvalue weighted by Crippen LogP contribution is 2.32. The van der Waals surface area contributed by atoms with E-state index in [1.807, 2.05) is 18.6 Å². The third kappa shape index (κ3) is 4.50. The lowest BCUT2D eigenvalue weighted by atomic mass is 10.0. The number of benzene rings is 2. The van der Waals surface area contributed by atoms with Gasteiger partial charge in [0.05, 0.1) is 12.2 Å². The topological polar surface area (TPSA) is 90.3 Å². The van der Waals surface area contributed by atoms with Crippen molar-refractivity contribution < 1.29 is 26.7 Å². The normalized spacial score (nSPS) is 11.6. The minimum absolute atomic E-state index is 0.120. The van der Waals surface area contributed by atoms with Gasteiger partial charge in [-0.25, -0.2) is 26.9 Å². The predicted octanol–water partition coefficient (Wildman–Crippen LogP) is 4.01. The van der Waals surface area contributed by atoms with Crippen molar-refractivity contribution in [2.24, 2.45) is 7.05 Å². The van der Waals surface area contributed by atoms with Crippen molar-refractivity contribution in [3.8, 4) is 17.1 Å². The van der Waals surface area contributed by atoms with Crippen LogP contribution in [0.3, 0.4) is 0 Å². The van der Waals surface area contributed by atoms with Gasteiger partial charge >= 0.3 is 0 Å². The smallest absolute Gasteiger partial charge is 0.285 e. The van der Waals surface area contributed by atoms with E-state index in [2.05, 4.69) is 4.98 Å². The van der Waals surface area contributed by atoms with Crippen LogP contribution in [0.4, 0.5) is 8.78 Å². The number of imidazole rings is 1. The maximum atomic E-state index is 14.2. The van der Waals surface area contributed by atoms with Crippen LogP contribution in [0, 0.1) is 11.6 Å². The zero-order valence-corrected chi connectivity index (χ0v) is 18.8. The molecule has 0 atom stereocenters. The molecule has 32 heavy (non-hydrogen) atoms. The van der Waals surface area contributed by atoms with Crippen LogP contribution in [-0.4, -0.2) is 30.5 Å². The van der Waals surface area contributed by atoms with Gasteiger partial charge in [-0.15, -0.1) is 0 Å². The van der Waals surface area contributed by atoms with Gasteiger partial charge in [0.1, 0.15) is 33.8 Å². The molecule has 1 aromatic heterocycles. The largest absolute Gasteiger partial charge is 0.492 e. The maximum absolute atomic E-state index is 14.2. The zero-order valence-electron chi connectivity index (χ0n) is 18.0. The Hall–Kier alpha value is -3.27. The maximum Gasteiger partial charge on any atom is 0.285 e. The summed E-state index contributed by atoms with van der Waals surface area (Å²) in [6, 6.07) is 8.17. The second-order valence-corrected chi connectivity index (χ2v) is 8.97. The number of rotatable bonds is 7. The van der Waals surface area contributed by atoms with Gasteiger partial charge in [-0.1, -0.05) is 32.0 Å². The van der Waals surface area contributed by atoms with Gasteiger partial charge in [0.2, 0.25) is 0 Å². The number of aryl methyl sites for hydroxylation is 1. The number of carbonyl (C=O) groups excluding carboxylic acids is 1. The van der Waals surface area contributed by atoms with Crippen molar-refractivity contribution in [2.75, 3.05) is 6.61 Å². The van der Waals surface area contributed by atoms with Gasteiger partial charge in [-0.05, 0) is 36.6 Å². The van der Waals surface area contributed by atoms with Crippen molar-refractivity contribution in [1.82, 2.24) is 14.3 Å². The molecule has 0 saturated carbocycles. The highest BCUT2D eigenvalue weighted by atomic mass is 32.2. The molecule has 0 radical (unpaired) electrons. The third-order valence-electron chi connectivity index (χ3n) is 4.72. The standard InChI is InChI=1S/C22H23F2N3O4S/c1-5-31-18-11-6-8-14(13(2)3)20(18)32(29,30)26-22(28)17-12-27(4)21(25-17)19-15(23)9-7-10-16(19)24/h6-13H,5H2,1-4H3,(H,26,28). The first kappa shape index (κ1) is 23.4. The summed E-state index contributed by atoms with van der Waals surface area (Å²) < 4.78 is 63.3. The quantitative estimate of drug-likeness (QED) is 0.572. The number of sulfonamides is 1. The van der Waals surface area contributed by atoms with Crippen LogP contribution in [0.25, 0.3) is 11.4 Å². The lowest BCUT2D eigenvalue weighted by Gasteiger charge is -2.17. The molecular formula is C22H23F2N3O4S. The first-order valence-corrected chi connectivity index (χ1v) is 11.4. The Kier molecular flexibility index (Phi) is 6.63. The van der Waals surface area contributed by atoms with E-state index in [4.69, 9.17) is 4.74 Å². The second-order valence-electron chi connectivity index (χ2n) is 7.35. The summed E-state index contributed by atoms with van der Waals surface area (Å²) in [6.45, 7) is 5.59. The summed E-state index contributed by atoms with van der Waals surface area (Å²) in [5.41, 5.74) is -0.249. The molecule has 3 aromatic rings. The molecule has 1 amide bonds. The molecule has 0 saturated heterocycles. The van der Waals surface area contributed by atoms with Crippen molar-refractivity contribution in [3.05, 3.63) is 65.5 Å². The monoisotopic (exact) mass is 463 g/mol. The minimum atomic E-state index is -4.34. The number of nitrogens with zero attached hydrogens (tertiary/aromatic N) is 2. The Morgan fingerprint density at radius 2 is 1.78 bits per heavy atom. The van der Waals surface area contributed by atoms with E-state index in [-0.39, 0.29) is 34.7 Å². The van der Waals surface area contributed by atoms with Crippen LogP contribution in [-0.2, 0) is 17.1 Å². The molecule has 2 aromatic carbocycles. The van der Waals surface area contributed by atoms with E-state index >= 15 is 0 Å². The molecule has 0 bridgehead atoms. The van der Waals surface area contributed by atoms with Gasteiger partial charge in [0.25, 0.3) is 15.9 Å². The predicted molar refractivity (Wildman–Crippen MR) is 115 cm³/mol. The fourth-order valence-corrected chi connectivity index (χ4v) is 4.75. The molecule has 1 heterocycles. The van der Waals surface area contributed by atoms with Gasteiger partial charge in [-0.3, -0.25) is 4.79 Å². The molecule has 7 nitrogen and oxygen atoms in total. The van der Waals surface area contributed by atoms with Gasteiger partial charge in [-0.2, -0.15) is 0 Å². The number of carbonyl (C=O) groups is 1. The molecule has 0 aliphatic carbocycles. The van der Waals surface area contributed by atoms with Crippen LogP contribution in [0.15, 0.2) is 47.5 Å². The highest BCUT2D eigenvalue weighted by Gasteiger charge is 2.29. The van der Waals surface area contributed by atoms with Crippen LogP contribution in [0.1, 0.15) is 42.7 Å². The van der Waals surface area contributed by atoms with E-state index in [1.54, 1.807) is 19.1 Å². The van der Waals surface area contributed by atoms with E-state index in [9.17, 15) is 22.0 Å². The number of amides is 1. The molecule has 0 spiro atoms. The highest BCUT2D eigenvalue weighted by molar-refractivity contribution is 7.90. The first-order valence-electron chi connectivity index (χ1n) is 9.87. The molecule has 170 valence electrons. The fraction of sp³-hybridized carbons (Fsp3) is 0.273. The fourth-order valence-electron chi connectivity index (χ4n) is 3.29. The number of nitrogens with one attached hydrogen (secondary N) is 1. The van der Waals surface area contributed by atoms with Gasteiger partial charge < -0.3 is 9.30 Å². The molecular weight excluding hydrogens is 440 g/mol. The number of aromatic nitrogens is 2. The zero-order chi connectivity index (χ0) is 23.6. The molecule has 3 rings (SSSR count). The summed E-state index contributed by atoms with van der Waals surface area (Å²) in [4.78, 5) is 16.6. The van der Waals surface area contributed by atoms with Crippen molar-refractivity contribution in [1.29, 1.82) is 0 Å². The van der Waals surface area contributed by atoms with E-state index in [0.29, 0.717) is 5.56 Å². The summed E-state index contributed by atoms with van der Waals surface area (Å²) in [7, 11) is -2.90. The molecule has 1 N–H and O–H groups in total. The number of hydrogen-bond acceptors (Lipinski definition) is 5. The average Bonchev–Trinajstić information content (AvgIpc) is 3.09. The Labute approximate surface area is 185 Å². The second kappa shape index (κ2) is 9.07. The SMILES string of the molecule is CCOc1cccc(C(C)C)c1S(=O)(=O)NC(=O)c1cn(C)c(-c2c(F)cccc2F)n1. The summed E-state index contributed by atoms with van der Waals surface area (Å²) in [5, 5.41) is 0. The molecule has 0 aliphatic rings. The Morgan fingerprint density at radius 1 is 1.16 bits per heavy atom. The molecule has 0 fully saturated rings. The van der Waals surface area contributed by atoms with Crippen LogP contribution in [0.5, 0.6) is 5.75 Å². The van der Waals surface area contributed by atoms with Crippen LogP contribution < -0.4 is 9.46 Å². The molecule has 10 heteroatoms. The van der Waals surface area contributed by atoms with E-state index in [1.165, 1.54) is 29.9 Å². The van der Waals surface area contributed by atoms with E-state index in [0.717, 1.165) is 12.1 Å². The van der Waals surface area contributed by atoms with Gasteiger partial charge in [0.15, 0.2) is 0 Å². The minimum Gasteiger partial charge on any atom is -0.492 e. The first-order chi connectivity index (χ1) is 15.1. The lowest BCUT2D eigenvalue weighted by Crippen LogP contribution is -2.32. The van der Waals surface area contributed by atoms with Crippen molar-refractivity contribution in [3.63, 3.8) is 0 Å². The average molecular weight is 464 g/mol. The number of hydrogen-bond donors (Lipinski definition) is 1. The Balaban J connectivity index is 2.00. The number of ether oxygens (including phenoxy) is 1. The van der Waals surface area contributed by atoms with Crippen molar-refractivity contribution in [2.45, 2.75) is 31.6 Å². The van der Waals surface area contributed by atoms with Gasteiger partial charge in [0, 0.05) is 13.2 Å². The molecule has 0 unspecified atom stereocenters. The lowest BCUT2D eigenvalue weighted by molar-refractivity contribution is 0.0977. The number of halogens is 2. The van der Waals surface area contributed by atoms with Crippen LogP contribution in [0.2, 0.25) is 0 Å². The van der Waals surface area contributed by atoms with Crippen molar-refractivity contribution >= 4 is 15.9 Å². The third-order valence-corrected chi connectivity index (χ3v) is 6.15. The summed E-state index contributed by atoms with van der Waals surface area (Å²) >= 11 is 0.